The van der Waals surface area contributed by atoms with Gasteiger partial charge >= 0.3 is 0 Å². The summed E-state index contributed by atoms with van der Waals surface area (Å²) in [6.45, 7) is 0. The predicted octanol–water partition coefficient (Wildman–Crippen LogP) is 5.47. The molecular formula is C18H15NS. The molecule has 0 atom stereocenters. The molecule has 0 unspecified atom stereocenters. The summed E-state index contributed by atoms with van der Waals surface area (Å²) < 4.78 is 3.34. The highest BCUT2D eigenvalue weighted by Crippen LogP contribution is 2.25. The van der Waals surface area contributed by atoms with Crippen LogP contribution in [0.3, 0.4) is 0 Å². The summed E-state index contributed by atoms with van der Waals surface area (Å²) in [5.41, 5.74) is 3.61. The zero-order chi connectivity index (χ0) is 13.6. The second kappa shape index (κ2) is 6.31. The van der Waals surface area contributed by atoms with Gasteiger partial charge in [0.2, 0.25) is 0 Å². The number of para-hydroxylation sites is 1. The SMILES string of the molecule is c1ccc(NSc2ccc(-c3ccccc3)cc2)cc1. The van der Waals surface area contributed by atoms with Crippen molar-refractivity contribution in [2.45, 2.75) is 4.90 Å². The summed E-state index contributed by atoms with van der Waals surface area (Å²) in [5.74, 6) is 0. The highest BCUT2D eigenvalue weighted by atomic mass is 32.2. The summed E-state index contributed by atoms with van der Waals surface area (Å²) in [5, 5.41) is 0. The smallest absolute Gasteiger partial charge is 0.0443 e. The molecule has 2 heteroatoms. The lowest BCUT2D eigenvalue weighted by Crippen LogP contribution is -1.85. The summed E-state index contributed by atoms with van der Waals surface area (Å²) in [4.78, 5) is 1.20. The van der Waals surface area contributed by atoms with Crippen LogP contribution < -0.4 is 4.72 Å². The molecule has 1 nitrogen and oxygen atoms in total. The van der Waals surface area contributed by atoms with Crippen LogP contribution >= 0.6 is 11.9 Å². The first-order chi connectivity index (χ1) is 9.92. The first-order valence-electron chi connectivity index (χ1n) is 6.55. The summed E-state index contributed by atoms with van der Waals surface area (Å²) in [6.07, 6.45) is 0. The molecule has 0 aliphatic rings. The zero-order valence-corrected chi connectivity index (χ0v) is 11.8. The number of hydrogen-bond acceptors (Lipinski definition) is 2. The molecule has 0 fully saturated rings. The van der Waals surface area contributed by atoms with Crippen molar-refractivity contribution in [3.05, 3.63) is 84.9 Å². The van der Waals surface area contributed by atoms with E-state index in [0.717, 1.165) is 5.69 Å². The van der Waals surface area contributed by atoms with Crippen LogP contribution in [0.4, 0.5) is 5.69 Å². The molecule has 3 rings (SSSR count). The van der Waals surface area contributed by atoms with Gasteiger partial charge in [-0.05, 0) is 47.3 Å². The highest BCUT2D eigenvalue weighted by Gasteiger charge is 1.98. The Bertz CT molecular complexity index is 648. The fraction of sp³-hybridized carbons (Fsp3) is 0. The van der Waals surface area contributed by atoms with Gasteiger partial charge in [-0.15, -0.1) is 0 Å². The molecule has 0 aliphatic carbocycles. The van der Waals surface area contributed by atoms with Gasteiger partial charge in [0.1, 0.15) is 0 Å². The highest BCUT2D eigenvalue weighted by molar-refractivity contribution is 8.00. The molecular weight excluding hydrogens is 262 g/mol. The lowest BCUT2D eigenvalue weighted by atomic mass is 10.1. The van der Waals surface area contributed by atoms with E-state index < -0.39 is 0 Å². The summed E-state index contributed by atoms with van der Waals surface area (Å²) in [7, 11) is 0. The lowest BCUT2D eigenvalue weighted by Gasteiger charge is -2.06. The lowest BCUT2D eigenvalue weighted by molar-refractivity contribution is 1.46. The number of hydrogen-bond donors (Lipinski definition) is 1. The molecule has 0 amide bonds. The van der Waals surface area contributed by atoms with E-state index in [1.165, 1.54) is 16.0 Å². The molecule has 0 radical (unpaired) electrons. The Labute approximate surface area is 123 Å². The zero-order valence-electron chi connectivity index (χ0n) is 11.0. The van der Waals surface area contributed by atoms with E-state index in [4.69, 9.17) is 0 Å². The second-order valence-corrected chi connectivity index (χ2v) is 5.34. The second-order valence-electron chi connectivity index (χ2n) is 4.46. The van der Waals surface area contributed by atoms with Crippen LogP contribution in [-0.4, -0.2) is 0 Å². The molecule has 0 aliphatic heterocycles. The third-order valence-corrected chi connectivity index (χ3v) is 3.87. The third kappa shape index (κ3) is 3.22. The molecule has 0 heterocycles. The van der Waals surface area contributed by atoms with Crippen molar-refractivity contribution in [3.8, 4) is 11.1 Å². The molecule has 1 N–H and O–H groups in total. The Morgan fingerprint density at radius 1 is 0.550 bits per heavy atom. The van der Waals surface area contributed by atoms with Crippen molar-refractivity contribution >= 4 is 17.6 Å². The fourth-order valence-electron chi connectivity index (χ4n) is 1.97. The van der Waals surface area contributed by atoms with Gasteiger partial charge in [0, 0.05) is 10.6 Å². The van der Waals surface area contributed by atoms with E-state index in [1.54, 1.807) is 11.9 Å². The van der Waals surface area contributed by atoms with Crippen LogP contribution in [0, 0.1) is 0 Å². The minimum atomic E-state index is 1.12. The minimum absolute atomic E-state index is 1.12. The van der Waals surface area contributed by atoms with Gasteiger partial charge < -0.3 is 4.72 Å². The standard InChI is InChI=1S/C18H15NS/c1-3-7-15(8-4-1)16-11-13-18(14-12-16)20-19-17-9-5-2-6-10-17/h1-14,19H. The summed E-state index contributed by atoms with van der Waals surface area (Å²) >= 11 is 1.63. The van der Waals surface area contributed by atoms with E-state index in [9.17, 15) is 0 Å². The van der Waals surface area contributed by atoms with Gasteiger partial charge in [0.15, 0.2) is 0 Å². The Kier molecular flexibility index (Phi) is 4.04. The minimum Gasteiger partial charge on any atom is -0.326 e. The van der Waals surface area contributed by atoms with Gasteiger partial charge in [-0.2, -0.15) is 0 Å². The van der Waals surface area contributed by atoms with Crippen molar-refractivity contribution in [2.75, 3.05) is 4.72 Å². The first kappa shape index (κ1) is 12.8. The number of nitrogens with one attached hydrogen (secondary N) is 1. The number of benzene rings is 3. The van der Waals surface area contributed by atoms with Gasteiger partial charge in [0.05, 0.1) is 0 Å². The summed E-state index contributed by atoms with van der Waals surface area (Å²) in [6, 6.07) is 29.2. The van der Waals surface area contributed by atoms with Gasteiger partial charge in [-0.3, -0.25) is 0 Å². The Hall–Kier alpha value is -2.19. The molecule has 0 aromatic heterocycles. The van der Waals surface area contributed by atoms with E-state index in [2.05, 4.69) is 65.4 Å². The van der Waals surface area contributed by atoms with Gasteiger partial charge in [0.25, 0.3) is 0 Å². The molecule has 20 heavy (non-hydrogen) atoms. The van der Waals surface area contributed by atoms with Crippen molar-refractivity contribution in [3.63, 3.8) is 0 Å². The largest absolute Gasteiger partial charge is 0.326 e. The number of rotatable bonds is 4. The maximum Gasteiger partial charge on any atom is 0.0443 e. The quantitative estimate of drug-likeness (QED) is 0.634. The van der Waals surface area contributed by atoms with Crippen LogP contribution in [0.25, 0.3) is 11.1 Å². The molecule has 98 valence electrons. The van der Waals surface area contributed by atoms with Crippen molar-refractivity contribution in [1.29, 1.82) is 0 Å². The first-order valence-corrected chi connectivity index (χ1v) is 7.37. The van der Waals surface area contributed by atoms with E-state index in [1.807, 2.05) is 24.3 Å². The van der Waals surface area contributed by atoms with Crippen LogP contribution in [0.15, 0.2) is 89.8 Å². The maximum atomic E-state index is 3.34. The van der Waals surface area contributed by atoms with Gasteiger partial charge in [-0.25, -0.2) is 0 Å². The maximum absolute atomic E-state index is 3.34. The monoisotopic (exact) mass is 277 g/mol. The van der Waals surface area contributed by atoms with Crippen LogP contribution in [0.5, 0.6) is 0 Å². The molecule has 3 aromatic rings. The Morgan fingerprint density at radius 3 is 1.75 bits per heavy atom. The van der Waals surface area contributed by atoms with Crippen molar-refractivity contribution < 1.29 is 0 Å². The average Bonchev–Trinajstić information content (AvgIpc) is 2.55. The fourth-order valence-corrected chi connectivity index (χ4v) is 2.61. The molecule has 0 saturated heterocycles. The van der Waals surface area contributed by atoms with Gasteiger partial charge in [-0.1, -0.05) is 60.7 Å². The molecule has 0 spiro atoms. The normalized spacial score (nSPS) is 10.2. The molecule has 0 saturated carbocycles. The topological polar surface area (TPSA) is 12.0 Å². The third-order valence-electron chi connectivity index (χ3n) is 3.02. The van der Waals surface area contributed by atoms with E-state index >= 15 is 0 Å². The van der Waals surface area contributed by atoms with E-state index in [-0.39, 0.29) is 0 Å². The predicted molar refractivity (Wildman–Crippen MR) is 87.8 cm³/mol. The Balaban J connectivity index is 1.68. The Morgan fingerprint density at radius 2 is 1.10 bits per heavy atom. The molecule has 3 aromatic carbocycles. The van der Waals surface area contributed by atoms with E-state index in [0.29, 0.717) is 0 Å². The van der Waals surface area contributed by atoms with Crippen LogP contribution in [0.1, 0.15) is 0 Å². The van der Waals surface area contributed by atoms with Crippen molar-refractivity contribution in [1.82, 2.24) is 0 Å². The number of anilines is 1. The van der Waals surface area contributed by atoms with Crippen LogP contribution in [0.2, 0.25) is 0 Å². The van der Waals surface area contributed by atoms with Crippen molar-refractivity contribution in [2.24, 2.45) is 0 Å². The molecule has 0 bridgehead atoms. The van der Waals surface area contributed by atoms with Crippen LogP contribution in [-0.2, 0) is 0 Å². The average molecular weight is 277 g/mol.